The first-order valence-electron chi connectivity index (χ1n) is 27.4. The Hall–Kier alpha value is -0.870. The van der Waals surface area contributed by atoms with Gasteiger partial charge in [-0.05, 0) is 38.5 Å². The van der Waals surface area contributed by atoms with Gasteiger partial charge in [0, 0.05) is 6.42 Å². The molecule has 0 spiro atoms. The number of aliphatic hydroxyl groups excluding tert-OH is 2. The number of hydrogen-bond acceptors (Lipinski definition) is 3. The van der Waals surface area contributed by atoms with Gasteiger partial charge in [0.1, 0.15) is 0 Å². The van der Waals surface area contributed by atoms with Gasteiger partial charge in [-0.25, -0.2) is 0 Å². The number of rotatable bonds is 51. The second kappa shape index (κ2) is 51.5. The minimum atomic E-state index is -0.659. The van der Waals surface area contributed by atoms with Gasteiger partial charge in [0.05, 0.1) is 18.8 Å². The average molecular weight is 832 g/mol. The Bertz CT molecular complexity index is 814. The minimum absolute atomic E-state index is 0.0298. The van der Waals surface area contributed by atoms with Crippen LogP contribution in [0, 0.1) is 0 Å². The van der Waals surface area contributed by atoms with Crippen LogP contribution in [0.1, 0.15) is 316 Å². The van der Waals surface area contributed by atoms with Crippen molar-refractivity contribution >= 4 is 5.91 Å². The van der Waals surface area contributed by atoms with Gasteiger partial charge in [-0.15, -0.1) is 0 Å². The van der Waals surface area contributed by atoms with Crippen molar-refractivity contribution in [3.8, 4) is 0 Å². The van der Waals surface area contributed by atoms with E-state index in [0.29, 0.717) is 12.8 Å². The van der Waals surface area contributed by atoms with Crippen LogP contribution in [0.4, 0.5) is 0 Å². The molecule has 0 heterocycles. The molecule has 352 valence electrons. The van der Waals surface area contributed by atoms with Gasteiger partial charge in [0.2, 0.25) is 5.91 Å². The molecule has 1 amide bonds. The van der Waals surface area contributed by atoms with E-state index in [-0.39, 0.29) is 12.5 Å². The van der Waals surface area contributed by atoms with Gasteiger partial charge in [0.15, 0.2) is 0 Å². The number of amides is 1. The maximum Gasteiger partial charge on any atom is 0.220 e. The standard InChI is InChI=1S/C55H109NO3/c1-3-5-7-9-11-13-15-17-19-21-23-25-27-28-29-30-32-34-36-38-40-42-44-46-48-50-54(58)53(52-57)56-55(59)51-49-47-45-43-41-39-37-35-33-31-26-24-22-20-18-16-14-12-10-8-6-4-2/h31,33,53-54,57-58H,3-30,32,34-52H2,1-2H3,(H,56,59)/b33-31-. The van der Waals surface area contributed by atoms with Crippen molar-refractivity contribution in [1.82, 2.24) is 5.32 Å². The fourth-order valence-corrected chi connectivity index (χ4v) is 8.83. The molecule has 0 rings (SSSR count). The predicted molar refractivity (Wildman–Crippen MR) is 263 cm³/mol. The highest BCUT2D eigenvalue weighted by Crippen LogP contribution is 2.18. The molecular formula is C55H109NO3. The summed E-state index contributed by atoms with van der Waals surface area (Å²) in [4.78, 5) is 12.5. The van der Waals surface area contributed by atoms with E-state index in [1.807, 2.05) is 0 Å². The number of allylic oxidation sites excluding steroid dienone is 2. The van der Waals surface area contributed by atoms with Crippen LogP contribution < -0.4 is 5.32 Å². The van der Waals surface area contributed by atoms with Gasteiger partial charge in [-0.1, -0.05) is 283 Å². The Morgan fingerprint density at radius 1 is 0.390 bits per heavy atom. The summed E-state index contributed by atoms with van der Waals surface area (Å²) in [5.41, 5.74) is 0. The van der Waals surface area contributed by atoms with Crippen molar-refractivity contribution < 1.29 is 15.0 Å². The predicted octanol–water partition coefficient (Wildman–Crippen LogP) is 17.8. The van der Waals surface area contributed by atoms with E-state index in [4.69, 9.17) is 0 Å². The smallest absolute Gasteiger partial charge is 0.220 e. The maximum atomic E-state index is 12.5. The SMILES string of the molecule is CCCCCCCCCCCCC/C=C\CCCCCCCCCC(=O)NC(CO)C(O)CCCCCCCCCCCCCCCCCCCCCCCCCCC. The quantitative estimate of drug-likeness (QED) is 0.0422. The van der Waals surface area contributed by atoms with Crippen molar-refractivity contribution in [1.29, 1.82) is 0 Å². The molecule has 0 saturated carbocycles. The molecule has 0 saturated heterocycles. The minimum Gasteiger partial charge on any atom is -0.394 e. The van der Waals surface area contributed by atoms with E-state index in [1.165, 1.54) is 263 Å². The fourth-order valence-electron chi connectivity index (χ4n) is 8.83. The van der Waals surface area contributed by atoms with Gasteiger partial charge in [-0.2, -0.15) is 0 Å². The summed E-state index contributed by atoms with van der Waals surface area (Å²) in [7, 11) is 0. The third-order valence-electron chi connectivity index (χ3n) is 13.0. The van der Waals surface area contributed by atoms with Crippen LogP contribution >= 0.6 is 0 Å². The van der Waals surface area contributed by atoms with E-state index in [0.717, 1.165) is 25.7 Å². The normalized spacial score (nSPS) is 12.8. The molecule has 2 atom stereocenters. The van der Waals surface area contributed by atoms with Gasteiger partial charge in [0.25, 0.3) is 0 Å². The molecule has 0 aromatic carbocycles. The molecule has 4 nitrogen and oxygen atoms in total. The van der Waals surface area contributed by atoms with E-state index >= 15 is 0 Å². The van der Waals surface area contributed by atoms with E-state index in [1.54, 1.807) is 0 Å². The van der Waals surface area contributed by atoms with Crippen LogP contribution in [-0.4, -0.2) is 34.9 Å². The first-order valence-corrected chi connectivity index (χ1v) is 27.4. The van der Waals surface area contributed by atoms with Crippen molar-refractivity contribution in [2.45, 2.75) is 328 Å². The largest absolute Gasteiger partial charge is 0.394 e. The van der Waals surface area contributed by atoms with E-state index < -0.39 is 12.1 Å². The van der Waals surface area contributed by atoms with Crippen LogP contribution in [0.3, 0.4) is 0 Å². The zero-order valence-electron chi connectivity index (χ0n) is 40.6. The lowest BCUT2D eigenvalue weighted by atomic mass is 10.0. The lowest BCUT2D eigenvalue weighted by Gasteiger charge is -2.22. The summed E-state index contributed by atoms with van der Waals surface area (Å²) in [5.74, 6) is -0.0298. The highest BCUT2D eigenvalue weighted by atomic mass is 16.3. The second-order valence-electron chi connectivity index (χ2n) is 19.0. The van der Waals surface area contributed by atoms with Gasteiger partial charge in [-0.3, -0.25) is 4.79 Å². The number of hydrogen-bond donors (Lipinski definition) is 3. The molecule has 0 fully saturated rings. The Morgan fingerprint density at radius 2 is 0.644 bits per heavy atom. The molecule has 0 bridgehead atoms. The number of carbonyl (C=O) groups is 1. The molecule has 0 aromatic rings. The Kier molecular flexibility index (Phi) is 50.7. The van der Waals surface area contributed by atoms with Crippen LogP contribution in [0.5, 0.6) is 0 Å². The Labute approximate surface area is 371 Å². The monoisotopic (exact) mass is 832 g/mol. The van der Waals surface area contributed by atoms with Crippen molar-refractivity contribution in [3.63, 3.8) is 0 Å². The second-order valence-corrected chi connectivity index (χ2v) is 19.0. The molecule has 0 aliphatic rings. The summed E-state index contributed by atoms with van der Waals surface area (Å²) in [6, 6.07) is -0.536. The number of unbranched alkanes of at least 4 members (excludes halogenated alkanes) is 42. The molecule has 0 aliphatic carbocycles. The van der Waals surface area contributed by atoms with E-state index in [2.05, 4.69) is 31.3 Å². The summed E-state index contributed by atoms with van der Waals surface area (Å²) in [5, 5.41) is 23.3. The molecule has 3 N–H and O–H groups in total. The summed E-state index contributed by atoms with van der Waals surface area (Å²) in [6.07, 6.45) is 66.2. The Morgan fingerprint density at radius 3 is 0.932 bits per heavy atom. The molecule has 4 heteroatoms. The average Bonchev–Trinajstić information content (AvgIpc) is 3.24. The van der Waals surface area contributed by atoms with Gasteiger partial charge >= 0.3 is 0 Å². The Balaban J connectivity index is 3.44. The molecule has 0 radical (unpaired) electrons. The fraction of sp³-hybridized carbons (Fsp3) is 0.945. The molecule has 59 heavy (non-hydrogen) atoms. The van der Waals surface area contributed by atoms with Crippen molar-refractivity contribution in [3.05, 3.63) is 12.2 Å². The van der Waals surface area contributed by atoms with Crippen molar-refractivity contribution in [2.75, 3.05) is 6.61 Å². The summed E-state index contributed by atoms with van der Waals surface area (Å²) in [6.45, 7) is 4.40. The molecule has 0 aromatic heterocycles. The lowest BCUT2D eigenvalue weighted by Crippen LogP contribution is -2.45. The zero-order chi connectivity index (χ0) is 42.8. The van der Waals surface area contributed by atoms with Gasteiger partial charge < -0.3 is 15.5 Å². The summed E-state index contributed by atoms with van der Waals surface area (Å²) >= 11 is 0. The van der Waals surface area contributed by atoms with Crippen LogP contribution in [0.2, 0.25) is 0 Å². The highest BCUT2D eigenvalue weighted by Gasteiger charge is 2.20. The van der Waals surface area contributed by atoms with Crippen molar-refractivity contribution in [2.24, 2.45) is 0 Å². The highest BCUT2D eigenvalue weighted by molar-refractivity contribution is 5.76. The van der Waals surface area contributed by atoms with Crippen LogP contribution in [0.15, 0.2) is 12.2 Å². The van der Waals surface area contributed by atoms with Crippen LogP contribution in [0.25, 0.3) is 0 Å². The third kappa shape index (κ3) is 48.0. The lowest BCUT2D eigenvalue weighted by molar-refractivity contribution is -0.123. The van der Waals surface area contributed by atoms with E-state index in [9.17, 15) is 15.0 Å². The maximum absolute atomic E-state index is 12.5. The first-order chi connectivity index (χ1) is 29.2. The third-order valence-corrected chi connectivity index (χ3v) is 13.0. The molecule has 2 unspecified atom stereocenters. The summed E-state index contributed by atoms with van der Waals surface area (Å²) < 4.78 is 0. The molecule has 0 aliphatic heterocycles. The van der Waals surface area contributed by atoms with Crippen LogP contribution in [-0.2, 0) is 4.79 Å². The first kappa shape index (κ1) is 58.1. The topological polar surface area (TPSA) is 69.6 Å². The zero-order valence-corrected chi connectivity index (χ0v) is 40.6. The number of carbonyl (C=O) groups excluding carboxylic acids is 1. The number of aliphatic hydroxyl groups is 2. The molecular weight excluding hydrogens is 723 g/mol. The number of nitrogens with one attached hydrogen (secondary N) is 1.